The summed E-state index contributed by atoms with van der Waals surface area (Å²) in [6.07, 6.45) is 0.898. The largest absolute Gasteiger partial charge is 0.380 e. The van der Waals surface area contributed by atoms with Crippen molar-refractivity contribution in [3.63, 3.8) is 0 Å². The fourth-order valence-corrected chi connectivity index (χ4v) is 3.69. The number of benzene rings is 2. The van der Waals surface area contributed by atoms with Crippen LogP contribution in [0.1, 0.15) is 11.1 Å². The van der Waals surface area contributed by atoms with Crippen molar-refractivity contribution in [1.82, 2.24) is 14.8 Å². The monoisotopic (exact) mass is 381 g/mol. The summed E-state index contributed by atoms with van der Waals surface area (Å²) in [6, 6.07) is 15.5. The number of rotatable bonds is 4. The Hall–Kier alpha value is -2.76. The third kappa shape index (κ3) is 2.99. The first kappa shape index (κ1) is 17.6. The molecule has 1 aliphatic rings. The van der Waals surface area contributed by atoms with E-state index in [0.717, 1.165) is 22.0 Å². The average Bonchev–Trinajstić information content (AvgIpc) is 3.09. The van der Waals surface area contributed by atoms with Gasteiger partial charge in [-0.2, -0.15) is 0 Å². The minimum Gasteiger partial charge on any atom is -0.380 e. The Kier molecular flexibility index (Phi) is 4.42. The zero-order chi connectivity index (χ0) is 19.1. The van der Waals surface area contributed by atoms with Crippen molar-refractivity contribution in [1.29, 1.82) is 0 Å². The summed E-state index contributed by atoms with van der Waals surface area (Å²) < 4.78 is 1.96. The fraction of sp³-hybridized carbons (Fsp3) is 0.190. The second-order valence-corrected chi connectivity index (χ2v) is 7.17. The molecule has 0 spiro atoms. The van der Waals surface area contributed by atoms with Gasteiger partial charge in [0.2, 0.25) is 0 Å². The maximum atomic E-state index is 12.9. The van der Waals surface area contributed by atoms with Gasteiger partial charge >= 0.3 is 0 Å². The molecule has 5 nitrogen and oxygen atoms in total. The molecule has 0 saturated carbocycles. The summed E-state index contributed by atoms with van der Waals surface area (Å²) >= 11 is 6.19. The van der Waals surface area contributed by atoms with Crippen LogP contribution in [0.2, 0.25) is 5.02 Å². The molecule has 1 amide bonds. The van der Waals surface area contributed by atoms with Crippen molar-refractivity contribution in [3.05, 3.63) is 76.6 Å². The number of carbonyl (C=O) groups is 1. The van der Waals surface area contributed by atoms with E-state index in [1.54, 1.807) is 7.05 Å². The SMILES string of the molecule is CN1C(=O)C(c2cn(C)c3ccc(Cl)cc23)=C(NCc2ccccc2)C1O. The van der Waals surface area contributed by atoms with Crippen molar-refractivity contribution in [3.8, 4) is 0 Å². The van der Waals surface area contributed by atoms with Gasteiger partial charge in [0.25, 0.3) is 5.91 Å². The first-order valence-corrected chi connectivity index (χ1v) is 9.07. The fourth-order valence-electron chi connectivity index (χ4n) is 3.52. The van der Waals surface area contributed by atoms with Crippen LogP contribution in [0.15, 0.2) is 60.4 Å². The molecule has 138 valence electrons. The number of aliphatic hydroxyl groups excluding tert-OH is 1. The van der Waals surface area contributed by atoms with Gasteiger partial charge in [-0.25, -0.2) is 0 Å². The molecule has 0 fully saturated rings. The van der Waals surface area contributed by atoms with E-state index in [-0.39, 0.29) is 5.91 Å². The molecule has 2 aromatic carbocycles. The lowest BCUT2D eigenvalue weighted by atomic mass is 10.0. The zero-order valence-electron chi connectivity index (χ0n) is 15.1. The van der Waals surface area contributed by atoms with E-state index in [1.807, 2.05) is 66.3 Å². The quantitative estimate of drug-likeness (QED) is 0.730. The number of aliphatic hydroxyl groups is 1. The van der Waals surface area contributed by atoms with E-state index in [4.69, 9.17) is 11.6 Å². The van der Waals surface area contributed by atoms with Gasteiger partial charge in [-0.1, -0.05) is 41.9 Å². The summed E-state index contributed by atoms with van der Waals surface area (Å²) in [6.45, 7) is 0.517. The number of fused-ring (bicyclic) bond motifs is 1. The summed E-state index contributed by atoms with van der Waals surface area (Å²) in [4.78, 5) is 14.2. The second kappa shape index (κ2) is 6.76. The first-order chi connectivity index (χ1) is 13.0. The number of nitrogens with zero attached hydrogens (tertiary/aromatic N) is 2. The molecule has 27 heavy (non-hydrogen) atoms. The molecule has 0 aliphatic carbocycles. The Balaban J connectivity index is 1.82. The van der Waals surface area contributed by atoms with Gasteiger partial charge < -0.3 is 19.9 Å². The summed E-state index contributed by atoms with van der Waals surface area (Å²) in [5.41, 5.74) is 3.80. The molecular weight excluding hydrogens is 362 g/mol. The van der Waals surface area contributed by atoms with Crippen molar-refractivity contribution in [2.45, 2.75) is 12.8 Å². The molecular formula is C21H20ClN3O2. The van der Waals surface area contributed by atoms with Crippen molar-refractivity contribution in [2.75, 3.05) is 7.05 Å². The van der Waals surface area contributed by atoms with E-state index >= 15 is 0 Å². The second-order valence-electron chi connectivity index (χ2n) is 6.73. The molecule has 1 unspecified atom stereocenters. The van der Waals surface area contributed by atoms with Gasteiger partial charge in [0.1, 0.15) is 0 Å². The van der Waals surface area contributed by atoms with E-state index in [1.165, 1.54) is 4.90 Å². The van der Waals surface area contributed by atoms with Crippen LogP contribution in [-0.4, -0.2) is 33.8 Å². The van der Waals surface area contributed by atoms with E-state index in [0.29, 0.717) is 22.8 Å². The van der Waals surface area contributed by atoms with E-state index in [2.05, 4.69) is 5.32 Å². The molecule has 1 atom stereocenters. The number of hydrogen-bond donors (Lipinski definition) is 2. The van der Waals surface area contributed by atoms with Crippen LogP contribution in [0.3, 0.4) is 0 Å². The van der Waals surface area contributed by atoms with Gasteiger partial charge in [0, 0.05) is 48.3 Å². The number of hydrogen-bond acceptors (Lipinski definition) is 3. The lowest BCUT2D eigenvalue weighted by Gasteiger charge is -2.18. The van der Waals surface area contributed by atoms with Gasteiger partial charge in [-0.05, 0) is 23.8 Å². The number of aryl methyl sites for hydroxylation is 1. The summed E-state index contributed by atoms with van der Waals surface area (Å²) in [7, 11) is 3.53. The standard InChI is InChI=1S/C21H20ClN3O2/c1-24-12-16(15-10-14(22)8-9-17(15)24)18-19(21(27)25(2)20(18)26)23-11-13-6-4-3-5-7-13/h3-10,12,21,23,27H,11H2,1-2H3. The van der Waals surface area contributed by atoms with Gasteiger partial charge in [-0.3, -0.25) is 4.79 Å². The summed E-state index contributed by atoms with van der Waals surface area (Å²) in [5.74, 6) is -0.217. The van der Waals surface area contributed by atoms with Crippen LogP contribution >= 0.6 is 11.6 Å². The van der Waals surface area contributed by atoms with Crippen molar-refractivity contribution >= 4 is 34.0 Å². The Morgan fingerprint density at radius 3 is 2.63 bits per heavy atom. The smallest absolute Gasteiger partial charge is 0.258 e. The molecule has 2 N–H and O–H groups in total. The topological polar surface area (TPSA) is 57.5 Å². The van der Waals surface area contributed by atoms with Crippen LogP contribution in [0, 0.1) is 0 Å². The van der Waals surface area contributed by atoms with Gasteiger partial charge in [-0.15, -0.1) is 0 Å². The maximum Gasteiger partial charge on any atom is 0.258 e. The Bertz CT molecular complexity index is 1060. The third-order valence-electron chi connectivity index (χ3n) is 4.98. The molecule has 0 saturated heterocycles. The van der Waals surface area contributed by atoms with E-state index < -0.39 is 6.23 Å². The zero-order valence-corrected chi connectivity index (χ0v) is 15.9. The van der Waals surface area contributed by atoms with E-state index in [9.17, 15) is 9.90 Å². The highest BCUT2D eigenvalue weighted by Crippen LogP contribution is 2.35. The predicted octanol–water partition coefficient (Wildman–Crippen LogP) is 3.12. The minimum atomic E-state index is -1.01. The van der Waals surface area contributed by atoms with Gasteiger partial charge in [0.15, 0.2) is 6.23 Å². The van der Waals surface area contributed by atoms with Crippen LogP contribution in [-0.2, 0) is 18.4 Å². The highest BCUT2D eigenvalue weighted by atomic mass is 35.5. The minimum absolute atomic E-state index is 0.217. The van der Waals surface area contributed by atoms with Crippen LogP contribution in [0.25, 0.3) is 16.5 Å². The molecule has 0 radical (unpaired) electrons. The number of amides is 1. The number of halogens is 1. The molecule has 6 heteroatoms. The molecule has 2 heterocycles. The molecule has 0 bridgehead atoms. The van der Waals surface area contributed by atoms with Crippen molar-refractivity contribution < 1.29 is 9.90 Å². The number of likely N-dealkylation sites (N-methyl/N-ethyl adjacent to an activating group) is 1. The lowest BCUT2D eigenvalue weighted by Crippen LogP contribution is -2.34. The average molecular weight is 382 g/mol. The predicted molar refractivity (Wildman–Crippen MR) is 107 cm³/mol. The first-order valence-electron chi connectivity index (χ1n) is 8.69. The Morgan fingerprint density at radius 2 is 1.89 bits per heavy atom. The van der Waals surface area contributed by atoms with Crippen LogP contribution in [0.5, 0.6) is 0 Å². The highest BCUT2D eigenvalue weighted by Gasteiger charge is 2.37. The normalized spacial score (nSPS) is 17.3. The molecule has 1 aromatic heterocycles. The third-order valence-corrected chi connectivity index (χ3v) is 5.21. The lowest BCUT2D eigenvalue weighted by molar-refractivity contribution is -0.128. The number of aromatic nitrogens is 1. The van der Waals surface area contributed by atoms with Gasteiger partial charge in [0.05, 0.1) is 11.3 Å². The van der Waals surface area contributed by atoms with Crippen LogP contribution in [0.4, 0.5) is 0 Å². The van der Waals surface area contributed by atoms with Crippen LogP contribution < -0.4 is 5.32 Å². The Morgan fingerprint density at radius 1 is 1.15 bits per heavy atom. The maximum absolute atomic E-state index is 12.9. The molecule has 1 aliphatic heterocycles. The highest BCUT2D eigenvalue weighted by molar-refractivity contribution is 6.32. The van der Waals surface area contributed by atoms with Crippen molar-refractivity contribution in [2.24, 2.45) is 7.05 Å². The summed E-state index contributed by atoms with van der Waals surface area (Å²) in [5, 5.41) is 15.4. The Labute approximate surface area is 162 Å². The molecule has 3 aromatic rings. The number of carbonyl (C=O) groups excluding carboxylic acids is 1. The molecule has 4 rings (SSSR count). The number of nitrogens with one attached hydrogen (secondary N) is 1.